The summed E-state index contributed by atoms with van der Waals surface area (Å²) in [6.45, 7) is 6.62. The van der Waals surface area contributed by atoms with Crippen LogP contribution < -0.4 is 5.73 Å². The molecule has 3 heteroatoms. The Morgan fingerprint density at radius 2 is 2.05 bits per heavy atom. The second-order valence-corrected chi connectivity index (χ2v) is 6.27. The molecule has 2 N–H and O–H groups in total. The fraction of sp³-hybridized carbons (Fsp3) is 0.647. The van der Waals surface area contributed by atoms with Crippen molar-refractivity contribution in [2.45, 2.75) is 58.9 Å². The van der Waals surface area contributed by atoms with Crippen LogP contribution in [0.5, 0.6) is 0 Å². The minimum atomic E-state index is -0.397. The van der Waals surface area contributed by atoms with Gasteiger partial charge in [-0.05, 0) is 29.9 Å². The summed E-state index contributed by atoms with van der Waals surface area (Å²) in [5.41, 5.74) is 7.03. The average molecular weight is 276 g/mol. The van der Waals surface area contributed by atoms with Crippen molar-refractivity contribution in [3.63, 3.8) is 0 Å². The van der Waals surface area contributed by atoms with Gasteiger partial charge in [-0.15, -0.1) is 0 Å². The molecule has 112 valence electrons. The monoisotopic (exact) mass is 276 g/mol. The van der Waals surface area contributed by atoms with Crippen LogP contribution in [0, 0.1) is 11.8 Å². The SMILES string of the molecule is CC(C)CCCC(C)CC(=O)[C@H](N)Cc1cccnc1. The molecule has 3 nitrogen and oxygen atoms in total. The molecule has 0 bridgehead atoms. The molecule has 20 heavy (non-hydrogen) atoms. The van der Waals surface area contributed by atoms with E-state index in [2.05, 4.69) is 25.8 Å². The predicted octanol–water partition coefficient (Wildman–Crippen LogP) is 3.37. The molecule has 0 saturated heterocycles. The first-order chi connectivity index (χ1) is 9.49. The molecule has 0 aliphatic carbocycles. The van der Waals surface area contributed by atoms with Crippen LogP contribution >= 0.6 is 0 Å². The molecule has 0 aromatic carbocycles. The van der Waals surface area contributed by atoms with Crippen LogP contribution in [-0.2, 0) is 11.2 Å². The minimum absolute atomic E-state index is 0.172. The Labute approximate surface area is 123 Å². The first kappa shape index (κ1) is 16.8. The average Bonchev–Trinajstić information content (AvgIpc) is 2.39. The van der Waals surface area contributed by atoms with Crippen molar-refractivity contribution in [2.75, 3.05) is 0 Å². The highest BCUT2D eigenvalue weighted by Gasteiger charge is 2.17. The summed E-state index contributed by atoms with van der Waals surface area (Å²) in [5, 5.41) is 0. The number of carbonyl (C=O) groups is 1. The molecule has 1 rings (SSSR count). The molecular weight excluding hydrogens is 248 g/mol. The molecule has 1 heterocycles. The molecule has 0 spiro atoms. The van der Waals surface area contributed by atoms with E-state index in [-0.39, 0.29) is 5.78 Å². The molecule has 0 fully saturated rings. The summed E-state index contributed by atoms with van der Waals surface area (Å²) in [7, 11) is 0. The maximum Gasteiger partial charge on any atom is 0.150 e. The van der Waals surface area contributed by atoms with Gasteiger partial charge in [0.1, 0.15) is 5.78 Å². The second-order valence-electron chi connectivity index (χ2n) is 6.27. The Hall–Kier alpha value is -1.22. The van der Waals surface area contributed by atoms with Gasteiger partial charge in [-0.25, -0.2) is 0 Å². The van der Waals surface area contributed by atoms with E-state index in [4.69, 9.17) is 5.73 Å². The van der Waals surface area contributed by atoms with Crippen LogP contribution in [0.25, 0.3) is 0 Å². The normalized spacial score (nSPS) is 14.2. The number of hydrogen-bond acceptors (Lipinski definition) is 3. The topological polar surface area (TPSA) is 56.0 Å². The van der Waals surface area contributed by atoms with Gasteiger partial charge in [0.05, 0.1) is 6.04 Å². The number of carbonyl (C=O) groups excluding carboxylic acids is 1. The molecule has 0 radical (unpaired) electrons. The van der Waals surface area contributed by atoms with E-state index in [1.807, 2.05) is 12.1 Å². The van der Waals surface area contributed by atoms with Crippen molar-refractivity contribution in [2.24, 2.45) is 17.6 Å². The Balaban J connectivity index is 2.30. The zero-order chi connectivity index (χ0) is 15.0. The van der Waals surface area contributed by atoms with Crippen molar-refractivity contribution in [3.05, 3.63) is 30.1 Å². The van der Waals surface area contributed by atoms with Crippen molar-refractivity contribution in [1.29, 1.82) is 0 Å². The molecule has 0 saturated carbocycles. The van der Waals surface area contributed by atoms with Gasteiger partial charge in [-0.3, -0.25) is 9.78 Å². The fourth-order valence-electron chi connectivity index (χ4n) is 2.36. The Bertz CT molecular complexity index is 389. The van der Waals surface area contributed by atoms with Crippen molar-refractivity contribution >= 4 is 5.78 Å². The van der Waals surface area contributed by atoms with Gasteiger partial charge < -0.3 is 5.73 Å². The lowest BCUT2D eigenvalue weighted by molar-refractivity contribution is -0.121. The van der Waals surface area contributed by atoms with E-state index < -0.39 is 6.04 Å². The lowest BCUT2D eigenvalue weighted by Crippen LogP contribution is -2.33. The third-order valence-electron chi connectivity index (χ3n) is 3.62. The molecule has 0 amide bonds. The number of aromatic nitrogens is 1. The third-order valence-corrected chi connectivity index (χ3v) is 3.62. The first-order valence-corrected chi connectivity index (χ1v) is 7.66. The van der Waals surface area contributed by atoms with Gasteiger partial charge in [0.15, 0.2) is 0 Å². The van der Waals surface area contributed by atoms with E-state index >= 15 is 0 Å². The van der Waals surface area contributed by atoms with E-state index in [1.165, 1.54) is 12.8 Å². The lowest BCUT2D eigenvalue weighted by atomic mass is 9.92. The number of hydrogen-bond donors (Lipinski definition) is 1. The van der Waals surface area contributed by atoms with Crippen LogP contribution in [0.15, 0.2) is 24.5 Å². The van der Waals surface area contributed by atoms with Gasteiger partial charge in [0.25, 0.3) is 0 Å². The Morgan fingerprint density at radius 3 is 2.65 bits per heavy atom. The minimum Gasteiger partial charge on any atom is -0.321 e. The quantitative estimate of drug-likeness (QED) is 0.752. The largest absolute Gasteiger partial charge is 0.321 e. The molecule has 1 aromatic rings. The maximum absolute atomic E-state index is 12.1. The summed E-state index contributed by atoms with van der Waals surface area (Å²) in [6, 6.07) is 3.44. The van der Waals surface area contributed by atoms with Crippen LogP contribution in [0.1, 0.15) is 52.0 Å². The highest BCUT2D eigenvalue weighted by molar-refractivity contribution is 5.84. The number of nitrogens with zero attached hydrogens (tertiary/aromatic N) is 1. The Morgan fingerprint density at radius 1 is 1.30 bits per heavy atom. The first-order valence-electron chi connectivity index (χ1n) is 7.66. The van der Waals surface area contributed by atoms with Gasteiger partial charge in [-0.1, -0.05) is 46.1 Å². The van der Waals surface area contributed by atoms with Crippen molar-refractivity contribution in [3.8, 4) is 0 Å². The zero-order valence-corrected chi connectivity index (χ0v) is 13.0. The standard InChI is InChI=1S/C17H28N2O/c1-13(2)6-4-7-14(3)10-17(20)16(18)11-15-8-5-9-19-12-15/h5,8-9,12-14,16H,4,6-7,10-11,18H2,1-3H3/t14?,16-/m1/s1. The lowest BCUT2D eigenvalue weighted by Gasteiger charge is -2.15. The maximum atomic E-state index is 12.1. The molecule has 0 aliphatic heterocycles. The number of Topliss-reactive ketones (excluding diaryl/α,β-unsaturated/α-hetero) is 1. The smallest absolute Gasteiger partial charge is 0.150 e. The predicted molar refractivity (Wildman–Crippen MR) is 83.4 cm³/mol. The summed E-state index contributed by atoms with van der Waals surface area (Å²) in [5.74, 6) is 1.35. The number of ketones is 1. The van der Waals surface area contributed by atoms with E-state index in [9.17, 15) is 4.79 Å². The molecule has 1 unspecified atom stereocenters. The van der Waals surface area contributed by atoms with Crippen molar-refractivity contribution < 1.29 is 4.79 Å². The summed E-state index contributed by atoms with van der Waals surface area (Å²) < 4.78 is 0. The number of rotatable bonds is 9. The summed E-state index contributed by atoms with van der Waals surface area (Å²) in [6.07, 6.45) is 8.24. The second kappa shape index (κ2) is 8.85. The van der Waals surface area contributed by atoms with E-state index in [0.717, 1.165) is 17.9 Å². The van der Waals surface area contributed by atoms with Gasteiger partial charge in [0, 0.05) is 18.8 Å². The van der Waals surface area contributed by atoms with E-state index in [1.54, 1.807) is 12.4 Å². The zero-order valence-electron chi connectivity index (χ0n) is 13.0. The van der Waals surface area contributed by atoms with Crippen LogP contribution in [0.4, 0.5) is 0 Å². The number of pyridine rings is 1. The van der Waals surface area contributed by atoms with Crippen LogP contribution in [-0.4, -0.2) is 16.8 Å². The number of nitrogens with two attached hydrogens (primary N) is 1. The Kier molecular flexibility index (Phi) is 7.45. The van der Waals surface area contributed by atoms with Crippen LogP contribution in [0.3, 0.4) is 0 Å². The van der Waals surface area contributed by atoms with Crippen LogP contribution in [0.2, 0.25) is 0 Å². The van der Waals surface area contributed by atoms with E-state index in [0.29, 0.717) is 18.8 Å². The molecule has 1 aromatic heterocycles. The van der Waals surface area contributed by atoms with Gasteiger partial charge in [-0.2, -0.15) is 0 Å². The summed E-state index contributed by atoms with van der Waals surface area (Å²) >= 11 is 0. The fourth-order valence-corrected chi connectivity index (χ4v) is 2.36. The summed E-state index contributed by atoms with van der Waals surface area (Å²) in [4.78, 5) is 16.2. The van der Waals surface area contributed by atoms with Gasteiger partial charge in [0.2, 0.25) is 0 Å². The van der Waals surface area contributed by atoms with Gasteiger partial charge >= 0.3 is 0 Å². The highest BCUT2D eigenvalue weighted by Crippen LogP contribution is 2.16. The van der Waals surface area contributed by atoms with Crippen molar-refractivity contribution in [1.82, 2.24) is 4.98 Å². The molecular formula is C17H28N2O. The molecule has 2 atom stereocenters. The molecule has 0 aliphatic rings. The highest BCUT2D eigenvalue weighted by atomic mass is 16.1. The third kappa shape index (κ3) is 6.80.